The molecule has 0 saturated carbocycles. The molecule has 1 N–H and O–H groups in total. The second kappa shape index (κ2) is 10.2. The average molecular weight is 412 g/mol. The molecule has 0 atom stereocenters. The van der Waals surface area contributed by atoms with Gasteiger partial charge < -0.3 is 10.0 Å². The van der Waals surface area contributed by atoms with E-state index in [1.165, 1.54) is 11.3 Å². The summed E-state index contributed by atoms with van der Waals surface area (Å²) in [6, 6.07) is 12.7. The molecule has 0 fully saturated rings. The molecule has 0 aliphatic rings. The number of rotatable bonds is 9. The van der Waals surface area contributed by atoms with E-state index in [1.807, 2.05) is 70.5 Å². The second-order valence-electron chi connectivity index (χ2n) is 6.94. The van der Waals surface area contributed by atoms with Crippen LogP contribution >= 0.6 is 11.8 Å². The van der Waals surface area contributed by atoms with Crippen molar-refractivity contribution < 1.29 is 14.4 Å². The monoisotopic (exact) mass is 411 g/mol. The Bertz CT molecular complexity index is 915. The van der Waals surface area contributed by atoms with E-state index in [4.69, 9.17) is 5.11 Å². The van der Waals surface area contributed by atoms with Gasteiger partial charge in [-0.1, -0.05) is 24.3 Å². The van der Waals surface area contributed by atoms with Crippen LogP contribution in [-0.4, -0.2) is 40.7 Å². The molecular weight excluding hydrogens is 382 g/mol. The largest absolute Gasteiger partial charge is 0.390 e. The third-order valence-electron chi connectivity index (χ3n) is 4.71. The fraction of sp³-hybridized carbons (Fsp3) is 0.318. The van der Waals surface area contributed by atoms with Crippen molar-refractivity contribution in [2.75, 3.05) is 30.9 Å². The molecule has 1 aromatic carbocycles. The number of anilines is 1. The minimum absolute atomic E-state index is 0.154. The third kappa shape index (κ3) is 5.92. The number of aryl methyl sites for hydroxylation is 2. The van der Waals surface area contributed by atoms with Crippen LogP contribution in [0.4, 0.5) is 5.69 Å². The Kier molecular flexibility index (Phi) is 7.43. The molecule has 2 aromatic heterocycles. The molecule has 3 aromatic rings. The van der Waals surface area contributed by atoms with E-state index < -0.39 is 0 Å². The highest BCUT2D eigenvalue weighted by Crippen LogP contribution is 2.18. The topological polar surface area (TPSA) is 49.0 Å². The summed E-state index contributed by atoms with van der Waals surface area (Å²) in [5.41, 5.74) is 3.52. The first-order chi connectivity index (χ1) is 14.1. The second-order valence-corrected chi connectivity index (χ2v) is 8.00. The summed E-state index contributed by atoms with van der Waals surface area (Å²) < 4.78 is 5.92. The molecule has 152 valence electrons. The van der Waals surface area contributed by atoms with Crippen molar-refractivity contribution in [1.82, 2.24) is 9.67 Å². The lowest BCUT2D eigenvalue weighted by Gasteiger charge is -2.18. The number of nitrogens with zero attached hydrogens (tertiary/aromatic N) is 5. The van der Waals surface area contributed by atoms with E-state index in [2.05, 4.69) is 53.5 Å². The van der Waals surface area contributed by atoms with Gasteiger partial charge in [-0.25, -0.2) is 9.13 Å². The summed E-state index contributed by atoms with van der Waals surface area (Å²) in [4.78, 5) is 2.27. The molecule has 6 nitrogen and oxygen atoms in total. The van der Waals surface area contributed by atoms with Crippen LogP contribution in [0.3, 0.4) is 0 Å². The Morgan fingerprint density at radius 1 is 1.10 bits per heavy atom. The Morgan fingerprint density at radius 2 is 1.76 bits per heavy atom. The van der Waals surface area contributed by atoms with Crippen molar-refractivity contribution in [2.24, 2.45) is 14.1 Å². The lowest BCUT2D eigenvalue weighted by molar-refractivity contribution is -0.764. The van der Waals surface area contributed by atoms with Crippen molar-refractivity contribution >= 4 is 29.6 Å². The first-order valence-corrected chi connectivity index (χ1v) is 10.6. The maximum atomic E-state index is 8.97. The van der Waals surface area contributed by atoms with E-state index >= 15 is 0 Å². The Morgan fingerprint density at radius 3 is 2.34 bits per heavy atom. The van der Waals surface area contributed by atoms with Gasteiger partial charge >= 0.3 is 5.16 Å². The Balaban J connectivity index is 1.52. The van der Waals surface area contributed by atoms with E-state index in [0.717, 1.165) is 23.0 Å². The summed E-state index contributed by atoms with van der Waals surface area (Å²) >= 11 is 1.81. The lowest BCUT2D eigenvalue weighted by atomic mass is 10.1. The quantitative estimate of drug-likeness (QED) is 0.432. The van der Waals surface area contributed by atoms with Gasteiger partial charge in [-0.2, -0.15) is 0 Å². The molecule has 3 rings (SSSR count). The zero-order valence-corrected chi connectivity index (χ0v) is 18.1. The minimum Gasteiger partial charge on any atom is -0.390 e. The molecule has 0 aliphatic heterocycles. The van der Waals surface area contributed by atoms with Gasteiger partial charge in [0.1, 0.15) is 13.7 Å². The molecule has 29 heavy (non-hydrogen) atoms. The van der Waals surface area contributed by atoms with Crippen LogP contribution < -0.4 is 14.1 Å². The molecule has 2 heterocycles. The van der Waals surface area contributed by atoms with E-state index in [0.29, 0.717) is 6.54 Å². The number of hydrogen-bond donors (Lipinski definition) is 1. The van der Waals surface area contributed by atoms with E-state index in [-0.39, 0.29) is 6.61 Å². The molecule has 0 bridgehead atoms. The fourth-order valence-electron chi connectivity index (χ4n) is 2.96. The van der Waals surface area contributed by atoms with Gasteiger partial charge in [-0.15, -0.1) is 4.68 Å². The highest BCUT2D eigenvalue weighted by molar-refractivity contribution is 7.99. The number of aliphatic hydroxyl groups is 1. The third-order valence-corrected chi connectivity index (χ3v) is 5.91. The zero-order chi connectivity index (χ0) is 20.6. The summed E-state index contributed by atoms with van der Waals surface area (Å²) in [7, 11) is 6.12. The van der Waals surface area contributed by atoms with Crippen LogP contribution in [0, 0.1) is 0 Å². The van der Waals surface area contributed by atoms with Crippen molar-refractivity contribution in [1.29, 1.82) is 0 Å². The number of hydrogen-bond acceptors (Lipinski definition) is 4. The van der Waals surface area contributed by atoms with E-state index in [9.17, 15) is 0 Å². The molecule has 0 spiro atoms. The first kappa shape index (κ1) is 21.1. The summed E-state index contributed by atoms with van der Waals surface area (Å²) in [5.74, 6) is 0.996. The Hall–Kier alpha value is -2.64. The van der Waals surface area contributed by atoms with Gasteiger partial charge in [0.05, 0.1) is 7.05 Å². The van der Waals surface area contributed by atoms with Crippen LogP contribution in [0.2, 0.25) is 0 Å². The summed E-state index contributed by atoms with van der Waals surface area (Å²) in [5, 5.41) is 14.4. The maximum absolute atomic E-state index is 8.97. The molecule has 0 saturated heterocycles. The predicted molar refractivity (Wildman–Crippen MR) is 117 cm³/mol. The standard InChI is InChI=1S/C22H29N5OS/c1-24(15-17-29-22-25(2)18-23-26(22)3)21-8-6-19(7-9-21)4-5-20-10-12-27(13-11-20)14-16-28/h4-13,18,28H,14-17H2,1-3H3/q+2. The van der Waals surface area contributed by atoms with Gasteiger partial charge in [0.15, 0.2) is 18.9 Å². The summed E-state index contributed by atoms with van der Waals surface area (Å²) in [6.45, 7) is 1.74. The Labute approximate surface area is 176 Å². The van der Waals surface area contributed by atoms with Gasteiger partial charge in [0.25, 0.3) is 0 Å². The van der Waals surface area contributed by atoms with Gasteiger partial charge in [-0.3, -0.25) is 0 Å². The number of pyridine rings is 1. The van der Waals surface area contributed by atoms with Crippen molar-refractivity contribution in [3.63, 3.8) is 0 Å². The molecule has 0 unspecified atom stereocenters. The average Bonchev–Trinajstić information content (AvgIpc) is 3.06. The molecule has 0 aliphatic carbocycles. The number of aliphatic hydroxyl groups excluding tert-OH is 1. The molecule has 0 amide bonds. The fourth-order valence-corrected chi connectivity index (χ4v) is 3.99. The summed E-state index contributed by atoms with van der Waals surface area (Å²) in [6.07, 6.45) is 10.0. The lowest BCUT2D eigenvalue weighted by Crippen LogP contribution is -2.34. The minimum atomic E-state index is 0.154. The normalized spacial score (nSPS) is 11.3. The van der Waals surface area contributed by atoms with Crippen LogP contribution in [0.5, 0.6) is 0 Å². The molecular formula is C22H29N5OS+2. The highest BCUT2D eigenvalue weighted by Gasteiger charge is 2.13. The van der Waals surface area contributed by atoms with Crippen molar-refractivity contribution in [3.05, 3.63) is 66.2 Å². The molecule has 7 heteroatoms. The van der Waals surface area contributed by atoms with Gasteiger partial charge in [-0.05, 0) is 40.1 Å². The number of benzene rings is 1. The number of thioether (sulfide) groups is 1. The SMILES string of the molecule is CN(CCSc1n(C)cn[n+]1C)c1ccc(/C=C/c2cc[n+](CCO)cc2)cc1. The highest BCUT2D eigenvalue weighted by atomic mass is 32.2. The maximum Gasteiger partial charge on any atom is 0.339 e. The molecule has 0 radical (unpaired) electrons. The van der Waals surface area contributed by atoms with Gasteiger partial charge in [0, 0.05) is 37.2 Å². The predicted octanol–water partition coefficient (Wildman–Crippen LogP) is 1.92. The van der Waals surface area contributed by atoms with Crippen molar-refractivity contribution in [2.45, 2.75) is 11.7 Å². The van der Waals surface area contributed by atoms with E-state index in [1.54, 1.807) is 0 Å². The van der Waals surface area contributed by atoms with Crippen LogP contribution in [0.15, 0.2) is 60.3 Å². The van der Waals surface area contributed by atoms with Crippen molar-refractivity contribution in [3.8, 4) is 0 Å². The smallest absolute Gasteiger partial charge is 0.339 e. The number of aromatic nitrogens is 4. The first-order valence-electron chi connectivity index (χ1n) is 9.66. The van der Waals surface area contributed by atoms with Crippen LogP contribution in [-0.2, 0) is 20.6 Å². The zero-order valence-electron chi connectivity index (χ0n) is 17.3. The van der Waals surface area contributed by atoms with Gasteiger partial charge in [0.2, 0.25) is 6.33 Å². The van der Waals surface area contributed by atoms with Crippen LogP contribution in [0.25, 0.3) is 12.2 Å². The van der Waals surface area contributed by atoms with Crippen LogP contribution in [0.1, 0.15) is 11.1 Å².